The van der Waals surface area contributed by atoms with Gasteiger partial charge >= 0.3 is 5.82 Å². The van der Waals surface area contributed by atoms with E-state index >= 15 is 0 Å². The molecule has 0 bridgehead atoms. The zero-order chi connectivity index (χ0) is 14.1. The number of nitrogens with two attached hydrogens (primary N) is 1. The predicted molar refractivity (Wildman–Crippen MR) is 53.8 cm³/mol. The van der Waals surface area contributed by atoms with Gasteiger partial charge in [0.05, 0.1) is 12.7 Å². The van der Waals surface area contributed by atoms with Gasteiger partial charge in [-0.3, -0.25) is 0 Å². The number of hydrogen-bond acceptors (Lipinski definition) is 6. The summed E-state index contributed by atoms with van der Waals surface area (Å²) in [4.78, 5) is 11.5. The normalized spacial score (nSPS) is 11.6. The summed E-state index contributed by atoms with van der Waals surface area (Å²) in [6.07, 6.45) is -2.84. The molecule has 0 saturated carbocycles. The Morgan fingerprint density at radius 1 is 1.56 bits per heavy atom. The summed E-state index contributed by atoms with van der Waals surface area (Å²) in [6, 6.07) is 0. The van der Waals surface area contributed by atoms with E-state index in [9.17, 15) is 27.3 Å². The third kappa shape index (κ3) is 2.51. The maximum Gasteiger partial charge on any atom is 0.407 e. The third-order valence-electron chi connectivity index (χ3n) is 1.89. The molecule has 1 rings (SSSR count). The average Bonchev–Trinajstić information content (AvgIpc) is 2.25. The molecule has 100 valence electrons. The summed E-state index contributed by atoms with van der Waals surface area (Å²) < 4.78 is 52.2. The van der Waals surface area contributed by atoms with Crippen LogP contribution in [0.25, 0.3) is 0 Å². The number of primary sulfonamides is 1. The van der Waals surface area contributed by atoms with Gasteiger partial charge in [0.15, 0.2) is 6.20 Å². The number of alkyl halides is 2. The van der Waals surface area contributed by atoms with Crippen LogP contribution in [0.15, 0.2) is 11.1 Å². The first-order valence-corrected chi connectivity index (χ1v) is 5.77. The van der Waals surface area contributed by atoms with Crippen LogP contribution in [-0.2, 0) is 10.0 Å². The monoisotopic (exact) mass is 283 g/mol. The average molecular weight is 283 g/mol. The molecule has 0 fully saturated rings. The van der Waals surface area contributed by atoms with E-state index in [0.717, 1.165) is 7.11 Å². The first-order valence-electron chi connectivity index (χ1n) is 4.22. The minimum atomic E-state index is -4.63. The fourth-order valence-corrected chi connectivity index (χ4v) is 2.15. The number of rotatable bonds is 4. The fourth-order valence-electron chi connectivity index (χ4n) is 1.24. The smallest absolute Gasteiger partial charge is 0.407 e. The summed E-state index contributed by atoms with van der Waals surface area (Å²) in [5.41, 5.74) is -1.06. The molecule has 0 amide bonds. The molecule has 0 saturated heterocycles. The van der Waals surface area contributed by atoms with E-state index in [2.05, 4.69) is 9.72 Å². The summed E-state index contributed by atoms with van der Waals surface area (Å²) in [5.74, 6) is -1.92. The number of sulfonamides is 1. The van der Waals surface area contributed by atoms with Crippen LogP contribution >= 0.6 is 0 Å². The lowest BCUT2D eigenvalue weighted by Gasteiger charge is -2.10. The SMILES string of the molecule is COc1c([N+](=O)[O-])ncc(C(F)F)c1S(N)(=O)=O. The Bertz CT molecular complexity index is 589. The van der Waals surface area contributed by atoms with Gasteiger partial charge in [-0.15, -0.1) is 0 Å². The van der Waals surface area contributed by atoms with Crippen molar-refractivity contribution in [3.8, 4) is 5.75 Å². The number of pyridine rings is 1. The summed E-state index contributed by atoms with van der Waals surface area (Å²) in [6.45, 7) is 0. The minimum absolute atomic E-state index is 0.380. The fraction of sp³-hybridized carbons (Fsp3) is 0.286. The molecular formula is C7H7F2N3O5S. The third-order valence-corrected chi connectivity index (χ3v) is 2.88. The van der Waals surface area contributed by atoms with Gasteiger partial charge < -0.3 is 14.9 Å². The highest BCUT2D eigenvalue weighted by Crippen LogP contribution is 2.37. The molecule has 8 nitrogen and oxygen atoms in total. The van der Waals surface area contributed by atoms with Crippen LogP contribution < -0.4 is 9.88 Å². The highest BCUT2D eigenvalue weighted by atomic mass is 32.2. The van der Waals surface area contributed by atoms with E-state index < -0.39 is 43.4 Å². The van der Waals surface area contributed by atoms with Crippen molar-refractivity contribution in [1.82, 2.24) is 4.98 Å². The van der Waals surface area contributed by atoms with Gasteiger partial charge in [0.1, 0.15) is 4.90 Å². The lowest BCUT2D eigenvalue weighted by atomic mass is 10.2. The van der Waals surface area contributed by atoms with E-state index in [1.807, 2.05) is 0 Å². The largest absolute Gasteiger partial charge is 0.488 e. The van der Waals surface area contributed by atoms with E-state index in [1.54, 1.807) is 0 Å². The molecule has 0 spiro atoms. The Kier molecular flexibility index (Phi) is 3.76. The van der Waals surface area contributed by atoms with Crippen molar-refractivity contribution in [2.45, 2.75) is 11.3 Å². The molecule has 0 aliphatic carbocycles. The standard InChI is InChI=1S/C7H7F2N3O5S/c1-17-4-5(18(10,15)16)3(6(8)9)2-11-7(4)12(13)14/h2,6H,1H3,(H2,10,15,16). The molecule has 1 aromatic heterocycles. The number of ether oxygens (including phenoxy) is 1. The number of halogens is 2. The molecular weight excluding hydrogens is 276 g/mol. The van der Waals surface area contributed by atoms with Crippen LogP contribution in [0.2, 0.25) is 0 Å². The van der Waals surface area contributed by atoms with Crippen molar-refractivity contribution in [2.75, 3.05) is 7.11 Å². The van der Waals surface area contributed by atoms with Crippen molar-refractivity contribution in [3.63, 3.8) is 0 Å². The van der Waals surface area contributed by atoms with E-state index in [0.29, 0.717) is 6.20 Å². The van der Waals surface area contributed by atoms with Crippen molar-refractivity contribution >= 4 is 15.8 Å². The number of nitrogens with zero attached hydrogens (tertiary/aromatic N) is 2. The van der Waals surface area contributed by atoms with Crippen LogP contribution in [0.4, 0.5) is 14.6 Å². The minimum Gasteiger partial charge on any atom is -0.488 e. The first kappa shape index (κ1) is 14.2. The highest BCUT2D eigenvalue weighted by Gasteiger charge is 2.33. The molecule has 0 unspecified atom stereocenters. The Labute approximate surface area is 99.6 Å². The molecule has 0 atom stereocenters. The molecule has 0 radical (unpaired) electrons. The number of methoxy groups -OCH3 is 1. The molecule has 11 heteroatoms. The second kappa shape index (κ2) is 4.78. The van der Waals surface area contributed by atoms with Crippen LogP contribution in [-0.4, -0.2) is 25.4 Å². The number of hydrogen-bond donors (Lipinski definition) is 1. The molecule has 18 heavy (non-hydrogen) atoms. The Hall–Kier alpha value is -1.88. The van der Waals surface area contributed by atoms with Gasteiger partial charge in [0.25, 0.3) is 6.43 Å². The second-order valence-corrected chi connectivity index (χ2v) is 4.50. The molecule has 0 aliphatic rings. The molecule has 0 aromatic carbocycles. The molecule has 0 aliphatic heterocycles. The first-order chi connectivity index (χ1) is 8.20. The van der Waals surface area contributed by atoms with Crippen molar-refractivity contribution in [1.29, 1.82) is 0 Å². The van der Waals surface area contributed by atoms with Gasteiger partial charge in [-0.25, -0.2) is 22.3 Å². The maximum absolute atomic E-state index is 12.6. The van der Waals surface area contributed by atoms with Crippen LogP contribution in [0, 0.1) is 10.1 Å². The van der Waals surface area contributed by atoms with Crippen LogP contribution in [0.5, 0.6) is 5.75 Å². The summed E-state index contributed by atoms with van der Waals surface area (Å²) in [5, 5.41) is 15.3. The van der Waals surface area contributed by atoms with Crippen LogP contribution in [0.3, 0.4) is 0 Å². The van der Waals surface area contributed by atoms with Gasteiger partial charge in [0, 0.05) is 0 Å². The Balaban J connectivity index is 3.79. The Morgan fingerprint density at radius 3 is 2.44 bits per heavy atom. The topological polar surface area (TPSA) is 125 Å². The van der Waals surface area contributed by atoms with Crippen LogP contribution in [0.1, 0.15) is 12.0 Å². The quantitative estimate of drug-likeness (QED) is 0.636. The van der Waals surface area contributed by atoms with Crippen molar-refractivity contribution in [2.24, 2.45) is 5.14 Å². The lowest BCUT2D eigenvalue weighted by molar-refractivity contribution is -0.390. The molecule has 2 N–H and O–H groups in total. The van der Waals surface area contributed by atoms with Gasteiger partial charge in [-0.2, -0.15) is 0 Å². The van der Waals surface area contributed by atoms with E-state index in [1.165, 1.54) is 0 Å². The number of nitro groups is 1. The summed E-state index contributed by atoms with van der Waals surface area (Å²) >= 11 is 0. The van der Waals surface area contributed by atoms with Gasteiger partial charge in [-0.1, -0.05) is 0 Å². The van der Waals surface area contributed by atoms with Crippen molar-refractivity contribution < 1.29 is 26.9 Å². The second-order valence-electron chi connectivity index (χ2n) is 3.00. The summed E-state index contributed by atoms with van der Waals surface area (Å²) in [7, 11) is -3.74. The van der Waals surface area contributed by atoms with E-state index in [4.69, 9.17) is 5.14 Å². The lowest BCUT2D eigenvalue weighted by Crippen LogP contribution is -2.17. The zero-order valence-corrected chi connectivity index (χ0v) is 9.65. The molecule has 1 heterocycles. The van der Waals surface area contributed by atoms with E-state index in [-0.39, 0.29) is 0 Å². The zero-order valence-electron chi connectivity index (χ0n) is 8.83. The Morgan fingerprint density at radius 2 is 2.11 bits per heavy atom. The molecule has 1 aromatic rings. The maximum atomic E-state index is 12.6. The number of aromatic nitrogens is 1. The highest BCUT2D eigenvalue weighted by molar-refractivity contribution is 7.89. The predicted octanol–water partition coefficient (Wildman–Crippen LogP) is 0.583. The van der Waals surface area contributed by atoms with Crippen molar-refractivity contribution in [3.05, 3.63) is 21.9 Å². The van der Waals surface area contributed by atoms with Gasteiger partial charge in [0.2, 0.25) is 15.8 Å². The van der Waals surface area contributed by atoms with Gasteiger partial charge in [-0.05, 0) is 9.91 Å².